The molecule has 0 fully saturated rings. The van der Waals surface area contributed by atoms with Gasteiger partial charge >= 0.3 is 0 Å². The molecule has 0 aliphatic carbocycles. The molecule has 0 aliphatic heterocycles. The third kappa shape index (κ3) is 6.32. The van der Waals surface area contributed by atoms with E-state index in [1.807, 2.05) is 37.3 Å². The molecule has 1 atom stereocenters. The monoisotopic (exact) mass is 396 g/mol. The van der Waals surface area contributed by atoms with Crippen LogP contribution < -0.4 is 9.62 Å². The Balaban J connectivity index is 2.01. The second kappa shape index (κ2) is 8.94. The second-order valence-corrected chi connectivity index (χ2v) is 8.27. The average Bonchev–Trinajstić information content (AvgIpc) is 2.58. The Morgan fingerprint density at radius 3 is 2.41 bits per heavy atom. The molecule has 2 aromatic carbocycles. The van der Waals surface area contributed by atoms with E-state index in [9.17, 15) is 22.0 Å². The highest BCUT2D eigenvalue weighted by Gasteiger charge is 2.24. The van der Waals surface area contributed by atoms with Gasteiger partial charge in [-0.05, 0) is 37.5 Å². The molecule has 0 spiro atoms. The molecule has 1 N–H and O–H groups in total. The van der Waals surface area contributed by atoms with Gasteiger partial charge in [0.1, 0.15) is 18.2 Å². The molecular formula is C19H22F2N2O3S. The molecule has 8 heteroatoms. The van der Waals surface area contributed by atoms with E-state index < -0.39 is 34.1 Å². The molecule has 0 saturated heterocycles. The molecule has 0 saturated carbocycles. The van der Waals surface area contributed by atoms with E-state index in [1.165, 1.54) is 0 Å². The Labute approximate surface area is 158 Å². The third-order valence-corrected chi connectivity index (χ3v) is 5.11. The third-order valence-electron chi connectivity index (χ3n) is 3.98. The first-order valence-corrected chi connectivity index (χ1v) is 10.3. The van der Waals surface area contributed by atoms with Crippen molar-refractivity contribution in [3.63, 3.8) is 0 Å². The first-order valence-electron chi connectivity index (χ1n) is 8.43. The van der Waals surface area contributed by atoms with Gasteiger partial charge in [-0.2, -0.15) is 0 Å². The molecule has 0 unspecified atom stereocenters. The minimum Gasteiger partial charge on any atom is -0.352 e. The number of benzene rings is 2. The van der Waals surface area contributed by atoms with Crippen LogP contribution in [0.1, 0.15) is 18.9 Å². The van der Waals surface area contributed by atoms with Gasteiger partial charge in [0.15, 0.2) is 0 Å². The van der Waals surface area contributed by atoms with E-state index in [0.717, 1.165) is 30.4 Å². The highest BCUT2D eigenvalue weighted by molar-refractivity contribution is 7.92. The number of sulfonamides is 1. The lowest BCUT2D eigenvalue weighted by Crippen LogP contribution is -2.43. The SMILES string of the molecule is C[C@@H](CCc1ccccc1)NC(=O)CN(c1ccc(F)cc1F)S(C)(=O)=O. The normalized spacial score (nSPS) is 12.4. The predicted molar refractivity (Wildman–Crippen MR) is 101 cm³/mol. The summed E-state index contributed by atoms with van der Waals surface area (Å²) in [5.74, 6) is -2.45. The van der Waals surface area contributed by atoms with Gasteiger partial charge in [-0.1, -0.05) is 30.3 Å². The van der Waals surface area contributed by atoms with Gasteiger partial charge in [-0.15, -0.1) is 0 Å². The lowest BCUT2D eigenvalue weighted by molar-refractivity contribution is -0.120. The first kappa shape index (κ1) is 20.8. The maximum absolute atomic E-state index is 14.0. The summed E-state index contributed by atoms with van der Waals surface area (Å²) in [6.45, 7) is 1.22. The van der Waals surface area contributed by atoms with E-state index in [1.54, 1.807) is 0 Å². The Morgan fingerprint density at radius 2 is 1.81 bits per heavy atom. The number of rotatable bonds is 8. The van der Waals surface area contributed by atoms with Gasteiger partial charge in [0.05, 0.1) is 11.9 Å². The fourth-order valence-electron chi connectivity index (χ4n) is 2.62. The number of hydrogen-bond acceptors (Lipinski definition) is 3. The van der Waals surface area contributed by atoms with Crippen LogP contribution in [-0.2, 0) is 21.2 Å². The predicted octanol–water partition coefficient (Wildman–Crippen LogP) is 2.87. The number of nitrogens with one attached hydrogen (secondary N) is 1. The Morgan fingerprint density at radius 1 is 1.15 bits per heavy atom. The maximum atomic E-state index is 14.0. The van der Waals surface area contributed by atoms with Gasteiger partial charge in [-0.25, -0.2) is 17.2 Å². The summed E-state index contributed by atoms with van der Waals surface area (Å²) < 4.78 is 51.7. The van der Waals surface area contributed by atoms with Gasteiger partial charge in [0.2, 0.25) is 15.9 Å². The minimum atomic E-state index is -3.93. The zero-order valence-electron chi connectivity index (χ0n) is 15.2. The van der Waals surface area contributed by atoms with Crippen LogP contribution in [0.3, 0.4) is 0 Å². The molecule has 0 aliphatic rings. The van der Waals surface area contributed by atoms with Crippen molar-refractivity contribution in [1.29, 1.82) is 0 Å². The molecule has 0 radical (unpaired) electrons. The summed E-state index contributed by atoms with van der Waals surface area (Å²) in [5, 5.41) is 2.71. The van der Waals surface area contributed by atoms with Crippen molar-refractivity contribution in [2.24, 2.45) is 0 Å². The van der Waals surface area contributed by atoms with Gasteiger partial charge in [0.25, 0.3) is 0 Å². The van der Waals surface area contributed by atoms with E-state index in [-0.39, 0.29) is 11.7 Å². The minimum absolute atomic E-state index is 0.197. The lowest BCUT2D eigenvalue weighted by atomic mass is 10.1. The van der Waals surface area contributed by atoms with E-state index in [2.05, 4.69) is 5.32 Å². The fourth-order valence-corrected chi connectivity index (χ4v) is 3.47. The van der Waals surface area contributed by atoms with E-state index in [4.69, 9.17) is 0 Å². The average molecular weight is 396 g/mol. The van der Waals surface area contributed by atoms with Crippen molar-refractivity contribution in [3.8, 4) is 0 Å². The molecule has 2 rings (SSSR count). The zero-order chi connectivity index (χ0) is 20.0. The van der Waals surface area contributed by atoms with Crippen LogP contribution in [-0.4, -0.2) is 33.2 Å². The number of hydrogen-bond donors (Lipinski definition) is 1. The van der Waals surface area contributed by atoms with Gasteiger partial charge < -0.3 is 5.32 Å². The number of amides is 1. The van der Waals surface area contributed by atoms with E-state index in [0.29, 0.717) is 16.8 Å². The van der Waals surface area contributed by atoms with Crippen molar-refractivity contribution < 1.29 is 22.0 Å². The summed E-state index contributed by atoms with van der Waals surface area (Å²) in [5.41, 5.74) is 0.760. The van der Waals surface area contributed by atoms with Crippen LogP contribution in [0, 0.1) is 11.6 Å². The van der Waals surface area contributed by atoms with Gasteiger partial charge in [0, 0.05) is 12.1 Å². The molecule has 1 amide bonds. The van der Waals surface area contributed by atoms with Gasteiger partial charge in [-0.3, -0.25) is 9.10 Å². The zero-order valence-corrected chi connectivity index (χ0v) is 16.0. The smallest absolute Gasteiger partial charge is 0.240 e. The molecule has 0 aromatic heterocycles. The van der Waals surface area contributed by atoms with Crippen molar-refractivity contribution in [3.05, 3.63) is 65.7 Å². The van der Waals surface area contributed by atoms with Crippen molar-refractivity contribution in [2.75, 3.05) is 17.1 Å². The summed E-state index contributed by atoms with van der Waals surface area (Å²) in [7, 11) is -3.93. The number of aryl methyl sites for hydroxylation is 1. The summed E-state index contributed by atoms with van der Waals surface area (Å²) in [6, 6.07) is 12.1. The lowest BCUT2D eigenvalue weighted by Gasteiger charge is -2.23. The number of carbonyl (C=O) groups excluding carboxylic acids is 1. The maximum Gasteiger partial charge on any atom is 0.240 e. The molecule has 0 heterocycles. The molecule has 27 heavy (non-hydrogen) atoms. The van der Waals surface area contributed by atoms with E-state index >= 15 is 0 Å². The van der Waals surface area contributed by atoms with Crippen molar-refractivity contribution in [1.82, 2.24) is 5.32 Å². The Kier molecular flexibility index (Phi) is 6.90. The van der Waals surface area contributed by atoms with Crippen LogP contribution in [0.2, 0.25) is 0 Å². The standard InChI is InChI=1S/C19H22F2N2O3S/c1-14(8-9-15-6-4-3-5-7-15)22-19(24)13-23(27(2,25)26)18-11-10-16(20)12-17(18)21/h3-7,10-12,14H,8-9,13H2,1-2H3,(H,22,24)/t14-/m0/s1. The van der Waals surface area contributed by atoms with Crippen LogP contribution >= 0.6 is 0 Å². The largest absolute Gasteiger partial charge is 0.352 e. The Bertz CT molecular complexity index is 889. The highest BCUT2D eigenvalue weighted by atomic mass is 32.2. The fraction of sp³-hybridized carbons (Fsp3) is 0.316. The summed E-state index contributed by atoms with van der Waals surface area (Å²) >= 11 is 0. The molecular weight excluding hydrogens is 374 g/mol. The number of carbonyl (C=O) groups is 1. The van der Waals surface area contributed by atoms with Crippen molar-refractivity contribution in [2.45, 2.75) is 25.8 Å². The molecule has 0 bridgehead atoms. The first-order chi connectivity index (χ1) is 12.7. The highest BCUT2D eigenvalue weighted by Crippen LogP contribution is 2.22. The number of halogens is 2. The van der Waals surface area contributed by atoms with Crippen LogP contribution in [0.4, 0.5) is 14.5 Å². The quantitative estimate of drug-likeness (QED) is 0.746. The molecule has 2 aromatic rings. The topological polar surface area (TPSA) is 66.5 Å². The molecule has 146 valence electrons. The van der Waals surface area contributed by atoms with Crippen LogP contribution in [0.5, 0.6) is 0 Å². The second-order valence-electron chi connectivity index (χ2n) is 6.36. The number of nitrogens with zero attached hydrogens (tertiary/aromatic N) is 1. The van der Waals surface area contributed by atoms with Crippen LogP contribution in [0.25, 0.3) is 0 Å². The van der Waals surface area contributed by atoms with Crippen LogP contribution in [0.15, 0.2) is 48.5 Å². The summed E-state index contributed by atoms with van der Waals surface area (Å²) in [4.78, 5) is 12.3. The summed E-state index contributed by atoms with van der Waals surface area (Å²) in [6.07, 6.45) is 2.28. The number of anilines is 1. The van der Waals surface area contributed by atoms with Crippen molar-refractivity contribution >= 4 is 21.6 Å². The Hall–Kier alpha value is -2.48. The molecule has 5 nitrogen and oxygen atoms in total.